The average Bonchev–Trinajstić information content (AvgIpc) is 3.08. The highest BCUT2D eigenvalue weighted by molar-refractivity contribution is 6.21. The van der Waals surface area contributed by atoms with Gasteiger partial charge in [-0.1, -0.05) is 18.2 Å². The summed E-state index contributed by atoms with van der Waals surface area (Å²) < 4.78 is 36.2. The minimum atomic E-state index is -4.94. The van der Waals surface area contributed by atoms with Crippen molar-refractivity contribution in [2.45, 2.75) is 46.1 Å². The van der Waals surface area contributed by atoms with E-state index >= 15 is 0 Å². The van der Waals surface area contributed by atoms with Crippen LogP contribution in [0.4, 0.5) is 5.69 Å². The number of fused-ring (bicyclic) bond motifs is 2. The molecular weight excluding hydrogens is 464 g/mol. The zero-order valence-corrected chi connectivity index (χ0v) is 20.0. The molecule has 2 amide bonds. The molecule has 180 valence electrons. The minimum absolute atomic E-state index is 0.173. The van der Waals surface area contributed by atoms with Gasteiger partial charge in [0.05, 0.1) is 29.5 Å². The van der Waals surface area contributed by atoms with Gasteiger partial charge >= 0.3 is 0 Å². The maximum Gasteiger partial charge on any atom is 0.261 e. The summed E-state index contributed by atoms with van der Waals surface area (Å²) in [5.41, 5.74) is 5.15. The first-order chi connectivity index (χ1) is 15.7. The van der Waals surface area contributed by atoms with E-state index in [9.17, 15) is 14.4 Å². The highest BCUT2D eigenvalue weighted by atomic mass is 35.7. The lowest BCUT2D eigenvalue weighted by atomic mass is 9.81. The molecule has 4 rings (SSSR count). The summed E-state index contributed by atoms with van der Waals surface area (Å²) in [5.74, 6) is -0.307. The summed E-state index contributed by atoms with van der Waals surface area (Å²) in [6.45, 7) is 8.96. The summed E-state index contributed by atoms with van der Waals surface area (Å²) in [7, 11) is -4.94. The molecule has 0 N–H and O–H groups in total. The van der Waals surface area contributed by atoms with Gasteiger partial charge in [0.15, 0.2) is 12.3 Å². The van der Waals surface area contributed by atoms with Crippen LogP contribution in [0.15, 0.2) is 42.5 Å². The van der Waals surface area contributed by atoms with Gasteiger partial charge in [-0.15, -0.1) is 10.2 Å². The lowest BCUT2D eigenvalue weighted by molar-refractivity contribution is -2.00. The van der Waals surface area contributed by atoms with E-state index in [1.165, 1.54) is 10.6 Å². The third-order valence-electron chi connectivity index (χ3n) is 6.24. The van der Waals surface area contributed by atoms with Crippen molar-refractivity contribution in [2.24, 2.45) is 0 Å². The molecular formula is C24H25ClN2O7. The third-order valence-corrected chi connectivity index (χ3v) is 6.24. The minimum Gasteiger partial charge on any atom is -0.300 e. The number of hydrogen-bond donors (Lipinski definition) is 0. The molecule has 0 saturated heterocycles. The Bertz CT molecular complexity index is 1160. The van der Waals surface area contributed by atoms with Gasteiger partial charge in [0.25, 0.3) is 11.8 Å². The molecule has 2 aromatic rings. The third kappa shape index (κ3) is 5.24. The van der Waals surface area contributed by atoms with Crippen LogP contribution in [0.3, 0.4) is 0 Å². The molecule has 2 aliphatic rings. The van der Waals surface area contributed by atoms with Crippen molar-refractivity contribution in [3.8, 4) is 0 Å². The molecule has 0 unspecified atom stereocenters. The van der Waals surface area contributed by atoms with Gasteiger partial charge in [0.2, 0.25) is 5.69 Å². The fourth-order valence-electron chi connectivity index (χ4n) is 4.25. The van der Waals surface area contributed by atoms with Crippen LogP contribution in [0, 0.1) is 10.2 Å². The molecule has 10 heteroatoms. The van der Waals surface area contributed by atoms with E-state index < -0.39 is 10.2 Å². The molecule has 0 spiro atoms. The second-order valence-corrected chi connectivity index (χ2v) is 9.54. The Kier molecular flexibility index (Phi) is 7.07. The molecule has 0 aromatic heterocycles. The van der Waals surface area contributed by atoms with Crippen molar-refractivity contribution in [1.82, 2.24) is 4.90 Å². The monoisotopic (exact) mass is 488 g/mol. The molecule has 34 heavy (non-hydrogen) atoms. The lowest BCUT2D eigenvalue weighted by Crippen LogP contribution is -2.68. The number of amides is 2. The molecule has 9 nitrogen and oxygen atoms in total. The van der Waals surface area contributed by atoms with Crippen LogP contribution in [0.1, 0.15) is 66.0 Å². The number of Topliss-reactive ketones (excluding diaryl/α,β-unsaturated/α-hetero) is 1. The topological polar surface area (TPSA) is 150 Å². The Balaban J connectivity index is 0.000000588. The quantitative estimate of drug-likeness (QED) is 0.391. The zero-order valence-electron chi connectivity index (χ0n) is 19.3. The van der Waals surface area contributed by atoms with Crippen LogP contribution < -0.4 is 18.6 Å². The molecule has 2 aliphatic heterocycles. The molecule has 0 bridgehead atoms. The van der Waals surface area contributed by atoms with Crippen LogP contribution in [-0.4, -0.2) is 39.3 Å². The maximum absolute atomic E-state index is 12.7. The normalized spacial score (nSPS) is 16.3. The molecule has 2 aromatic carbocycles. The number of halogens is 1. The maximum atomic E-state index is 12.7. The van der Waals surface area contributed by atoms with E-state index in [0.717, 1.165) is 16.8 Å². The molecule has 0 fully saturated rings. The van der Waals surface area contributed by atoms with Crippen LogP contribution in [-0.2, 0) is 16.8 Å². The number of carbonyl (C=O) groups is 3. The van der Waals surface area contributed by atoms with E-state index in [2.05, 4.69) is 31.4 Å². The van der Waals surface area contributed by atoms with E-state index in [4.69, 9.17) is 18.6 Å². The molecule has 0 radical (unpaired) electrons. The standard InChI is InChI=1S/C24H25N2O3.ClHO4/c1-15(27)11-12-25-16(2)24(3,4)20-13-17(9-10-21(20)25)14-26-22(28)18-7-5-6-8-19(18)23(26)29;2-1(3,4)5/h5-10,13H,11-12,14H2,1-4H3;(H,2,3,4,5)/q+1;/p-1. The Morgan fingerprint density at radius 3 is 2.03 bits per heavy atom. The van der Waals surface area contributed by atoms with Gasteiger partial charge in [-0.3, -0.25) is 19.3 Å². The van der Waals surface area contributed by atoms with Crippen molar-refractivity contribution in [3.63, 3.8) is 0 Å². The van der Waals surface area contributed by atoms with Gasteiger partial charge < -0.3 is 0 Å². The first-order valence-corrected chi connectivity index (χ1v) is 11.8. The predicted molar refractivity (Wildman–Crippen MR) is 111 cm³/mol. The second-order valence-electron chi connectivity index (χ2n) is 8.79. The van der Waals surface area contributed by atoms with Crippen molar-refractivity contribution in [3.05, 3.63) is 64.7 Å². The van der Waals surface area contributed by atoms with Crippen LogP contribution >= 0.6 is 0 Å². The van der Waals surface area contributed by atoms with Crippen molar-refractivity contribution >= 4 is 29.0 Å². The van der Waals surface area contributed by atoms with Gasteiger partial charge in [0.1, 0.15) is 5.78 Å². The number of rotatable bonds is 5. The van der Waals surface area contributed by atoms with E-state index in [-0.39, 0.29) is 29.6 Å². The predicted octanol–water partition coefficient (Wildman–Crippen LogP) is -0.898. The summed E-state index contributed by atoms with van der Waals surface area (Å²) in [6.07, 6.45) is 0.504. The van der Waals surface area contributed by atoms with Crippen LogP contribution in [0.25, 0.3) is 0 Å². The smallest absolute Gasteiger partial charge is 0.261 e. The Labute approximate surface area is 199 Å². The van der Waals surface area contributed by atoms with E-state index in [1.54, 1.807) is 31.2 Å². The second kappa shape index (κ2) is 9.36. The SMILES string of the molecule is CC(=O)CC[N+]1=C(C)C(C)(C)c2cc(CN3C(=O)c4ccccc4C3=O)ccc21.[O-][Cl+3]([O-])([O-])[O-]. The Morgan fingerprint density at radius 1 is 1.00 bits per heavy atom. The highest BCUT2D eigenvalue weighted by Crippen LogP contribution is 2.40. The van der Waals surface area contributed by atoms with Crippen molar-refractivity contribution < 1.29 is 47.8 Å². The number of ketones is 1. The Morgan fingerprint density at radius 2 is 1.53 bits per heavy atom. The number of nitrogens with zero attached hydrogens (tertiary/aromatic N) is 2. The van der Waals surface area contributed by atoms with Gasteiger partial charge in [-0.25, -0.2) is 18.6 Å². The zero-order chi connectivity index (χ0) is 25.4. The Hall–Kier alpha value is -2.95. The van der Waals surface area contributed by atoms with Crippen molar-refractivity contribution in [1.29, 1.82) is 0 Å². The van der Waals surface area contributed by atoms with E-state index in [0.29, 0.717) is 24.1 Å². The molecule has 0 saturated carbocycles. The highest BCUT2D eigenvalue weighted by Gasteiger charge is 2.43. The number of imide groups is 1. The first-order valence-electron chi connectivity index (χ1n) is 10.5. The average molecular weight is 489 g/mol. The van der Waals surface area contributed by atoms with Gasteiger partial charge in [-0.2, -0.15) is 4.58 Å². The van der Waals surface area contributed by atoms with Crippen molar-refractivity contribution in [2.75, 3.05) is 6.54 Å². The lowest BCUT2D eigenvalue weighted by Gasteiger charge is -2.18. The first kappa shape index (κ1) is 25.7. The summed E-state index contributed by atoms with van der Waals surface area (Å²) in [5, 5.41) is 0. The number of hydrogen-bond acceptors (Lipinski definition) is 7. The fourth-order valence-corrected chi connectivity index (χ4v) is 4.25. The number of carbonyl (C=O) groups excluding carboxylic acids is 3. The summed E-state index contributed by atoms with van der Waals surface area (Å²) in [4.78, 5) is 38.2. The fraction of sp³-hybridized carbons (Fsp3) is 0.333. The summed E-state index contributed by atoms with van der Waals surface area (Å²) >= 11 is 0. The van der Waals surface area contributed by atoms with Gasteiger partial charge in [-0.05, 0) is 44.5 Å². The largest absolute Gasteiger partial charge is 0.300 e. The molecule has 0 atom stereocenters. The van der Waals surface area contributed by atoms with Crippen LogP contribution in [0.2, 0.25) is 0 Å². The van der Waals surface area contributed by atoms with E-state index in [1.807, 2.05) is 12.1 Å². The van der Waals surface area contributed by atoms with Crippen LogP contribution in [0.5, 0.6) is 0 Å². The molecule has 0 aliphatic carbocycles. The number of benzene rings is 2. The summed E-state index contributed by atoms with van der Waals surface area (Å²) in [6, 6.07) is 13.1. The molecule has 2 heterocycles. The van der Waals surface area contributed by atoms with Gasteiger partial charge in [0, 0.05) is 18.6 Å².